The van der Waals surface area contributed by atoms with Crippen LogP contribution in [0.4, 0.5) is 0 Å². The zero-order valence-corrected chi connectivity index (χ0v) is 16.8. The third-order valence-electron chi connectivity index (χ3n) is 4.66. The lowest BCUT2D eigenvalue weighted by atomic mass is 9.93. The monoisotopic (exact) mass is 430 g/mol. The van der Waals surface area contributed by atoms with E-state index in [1.807, 2.05) is 60.7 Å². The Bertz CT molecular complexity index is 797. The highest BCUT2D eigenvalue weighted by Crippen LogP contribution is 2.26. The molecule has 2 aromatic rings. The molecule has 0 radical (unpaired) electrons. The Morgan fingerprint density at radius 1 is 1.03 bits per heavy atom. The molecule has 1 aliphatic heterocycles. The lowest BCUT2D eigenvalue weighted by Crippen LogP contribution is -2.50. The van der Waals surface area contributed by atoms with Gasteiger partial charge in [0, 0.05) is 18.6 Å². The quantitative estimate of drug-likeness (QED) is 0.281. The first-order valence-corrected chi connectivity index (χ1v) is 9.76. The second-order valence-corrected chi connectivity index (χ2v) is 6.86. The van der Waals surface area contributed by atoms with Gasteiger partial charge in [0.05, 0.1) is 6.61 Å². The number of hydroxylamine groups is 1. The van der Waals surface area contributed by atoms with Crippen molar-refractivity contribution in [2.45, 2.75) is 37.6 Å². The molecular weight excluding hydrogens is 404 g/mol. The van der Waals surface area contributed by atoms with Crippen molar-refractivity contribution in [3.8, 4) is 0 Å². The van der Waals surface area contributed by atoms with Crippen LogP contribution in [0.5, 0.6) is 0 Å². The highest BCUT2D eigenvalue weighted by Gasteiger charge is 2.29. The van der Waals surface area contributed by atoms with Gasteiger partial charge in [0.25, 0.3) is 6.47 Å². The molecule has 0 aliphatic carbocycles. The Balaban J connectivity index is 0.000000501. The van der Waals surface area contributed by atoms with Gasteiger partial charge in [-0.05, 0) is 24.0 Å². The number of nitrogens with one attached hydrogen (secondary N) is 2. The average molecular weight is 430 g/mol. The van der Waals surface area contributed by atoms with Gasteiger partial charge in [0.15, 0.2) is 0 Å². The highest BCUT2D eigenvalue weighted by molar-refractivity contribution is 6.27. The van der Waals surface area contributed by atoms with Crippen LogP contribution in [-0.4, -0.2) is 47.3 Å². The molecule has 3 unspecified atom stereocenters. The van der Waals surface area contributed by atoms with Crippen LogP contribution in [-0.2, 0) is 30.6 Å². The third-order valence-corrected chi connectivity index (χ3v) is 4.66. The Morgan fingerprint density at radius 3 is 2.16 bits per heavy atom. The average Bonchev–Trinajstić information content (AvgIpc) is 2.80. The first-order chi connectivity index (χ1) is 15.0. The van der Waals surface area contributed by atoms with E-state index >= 15 is 0 Å². The fraction of sp³-hybridized carbons (Fsp3) is 0.318. The summed E-state index contributed by atoms with van der Waals surface area (Å²) in [5.74, 6) is -3.65. The van der Waals surface area contributed by atoms with E-state index < -0.39 is 11.9 Å². The summed E-state index contributed by atoms with van der Waals surface area (Å²) in [4.78, 5) is 34.7. The number of hydrogen-bond donors (Lipinski definition) is 4. The Hall–Kier alpha value is -3.27. The van der Waals surface area contributed by atoms with E-state index in [0.29, 0.717) is 13.1 Å². The van der Waals surface area contributed by atoms with Gasteiger partial charge in [0.2, 0.25) is 0 Å². The van der Waals surface area contributed by atoms with Crippen LogP contribution in [0, 0.1) is 0 Å². The Kier molecular flexibility index (Phi) is 10.2. The lowest BCUT2D eigenvalue weighted by Gasteiger charge is -2.34. The number of ether oxygens (including phenoxy) is 1. The number of carboxylic acid groups (broad SMARTS) is 2. The van der Waals surface area contributed by atoms with Gasteiger partial charge in [-0.25, -0.2) is 9.59 Å². The molecule has 0 aromatic heterocycles. The van der Waals surface area contributed by atoms with Crippen LogP contribution in [0.3, 0.4) is 0 Å². The smallest absolute Gasteiger partial charge is 0.414 e. The minimum Gasteiger partial charge on any atom is -0.473 e. The Labute approximate surface area is 179 Å². The van der Waals surface area contributed by atoms with E-state index in [9.17, 15) is 4.79 Å². The predicted molar refractivity (Wildman–Crippen MR) is 111 cm³/mol. The first kappa shape index (κ1) is 24.0. The molecule has 9 nitrogen and oxygen atoms in total. The van der Waals surface area contributed by atoms with Gasteiger partial charge >= 0.3 is 11.9 Å². The van der Waals surface area contributed by atoms with Crippen molar-refractivity contribution in [3.05, 3.63) is 71.8 Å². The topological polar surface area (TPSA) is 134 Å². The fourth-order valence-electron chi connectivity index (χ4n) is 3.16. The van der Waals surface area contributed by atoms with Gasteiger partial charge < -0.3 is 20.3 Å². The molecular formula is C22H26N2O7. The third kappa shape index (κ3) is 8.55. The van der Waals surface area contributed by atoms with Crippen LogP contribution >= 0.6 is 0 Å². The van der Waals surface area contributed by atoms with Crippen LogP contribution in [0.25, 0.3) is 0 Å². The van der Waals surface area contributed by atoms with E-state index in [4.69, 9.17) is 29.4 Å². The molecule has 0 bridgehead atoms. The van der Waals surface area contributed by atoms with E-state index in [0.717, 1.165) is 30.5 Å². The maximum atomic E-state index is 10.9. The van der Waals surface area contributed by atoms with Gasteiger partial charge in [-0.2, -0.15) is 5.48 Å². The van der Waals surface area contributed by atoms with Crippen molar-refractivity contribution < 1.29 is 34.2 Å². The van der Waals surface area contributed by atoms with Crippen molar-refractivity contribution in [2.75, 3.05) is 6.54 Å². The van der Waals surface area contributed by atoms with Gasteiger partial charge in [-0.15, -0.1) is 0 Å². The van der Waals surface area contributed by atoms with E-state index in [1.165, 1.54) is 0 Å². The van der Waals surface area contributed by atoms with Crippen molar-refractivity contribution in [1.29, 1.82) is 0 Å². The van der Waals surface area contributed by atoms with E-state index in [1.54, 1.807) is 0 Å². The summed E-state index contributed by atoms with van der Waals surface area (Å²) in [6, 6.07) is 20.3. The summed E-state index contributed by atoms with van der Waals surface area (Å²) in [5.41, 5.74) is 5.28. The van der Waals surface area contributed by atoms with Crippen molar-refractivity contribution in [1.82, 2.24) is 10.8 Å². The maximum Gasteiger partial charge on any atom is 0.414 e. The number of rotatable bonds is 8. The molecule has 0 amide bonds. The summed E-state index contributed by atoms with van der Waals surface area (Å²) < 4.78 is 5.35. The van der Waals surface area contributed by atoms with Crippen LogP contribution < -0.4 is 10.8 Å². The van der Waals surface area contributed by atoms with E-state index in [2.05, 4.69) is 10.8 Å². The minimum absolute atomic E-state index is 0.111. The van der Waals surface area contributed by atoms with Crippen molar-refractivity contribution in [2.24, 2.45) is 0 Å². The van der Waals surface area contributed by atoms with Crippen molar-refractivity contribution in [3.63, 3.8) is 0 Å². The molecule has 1 heterocycles. The molecule has 9 heteroatoms. The predicted octanol–water partition coefficient (Wildman–Crippen LogP) is 1.90. The minimum atomic E-state index is -1.82. The van der Waals surface area contributed by atoms with Gasteiger partial charge in [-0.3, -0.25) is 9.63 Å². The molecule has 31 heavy (non-hydrogen) atoms. The summed E-state index contributed by atoms with van der Waals surface area (Å²) in [6.45, 7) is 1.85. The maximum absolute atomic E-state index is 10.9. The standard InChI is InChI=1S/C20H24N2O3.C2H2O4/c23-15-24-20(17-9-5-2-6-10-17)19-12-11-18(13-21-19)22-25-14-16-7-3-1-4-8-16;3-1(4)2(5)6/h1-10,15,18-22H,11-14H2;(H,3,4)(H,5,6). The van der Waals surface area contributed by atoms with E-state index in [-0.39, 0.29) is 18.2 Å². The zero-order chi connectivity index (χ0) is 22.5. The van der Waals surface area contributed by atoms with Gasteiger partial charge in [-0.1, -0.05) is 60.7 Å². The van der Waals surface area contributed by atoms with Crippen molar-refractivity contribution >= 4 is 18.4 Å². The lowest BCUT2D eigenvalue weighted by molar-refractivity contribution is -0.159. The summed E-state index contributed by atoms with van der Waals surface area (Å²) >= 11 is 0. The largest absolute Gasteiger partial charge is 0.473 e. The molecule has 4 N–H and O–H groups in total. The van der Waals surface area contributed by atoms with Gasteiger partial charge in [0.1, 0.15) is 6.10 Å². The molecule has 1 saturated heterocycles. The number of carbonyl (C=O) groups is 3. The summed E-state index contributed by atoms with van der Waals surface area (Å²) in [5, 5.41) is 18.3. The number of carbonyl (C=O) groups excluding carboxylic acids is 1. The number of carboxylic acids is 2. The second-order valence-electron chi connectivity index (χ2n) is 6.86. The molecule has 2 aromatic carbocycles. The molecule has 0 spiro atoms. The molecule has 1 aliphatic rings. The number of benzene rings is 2. The first-order valence-electron chi connectivity index (χ1n) is 9.76. The zero-order valence-electron chi connectivity index (χ0n) is 16.8. The molecule has 3 atom stereocenters. The summed E-state index contributed by atoms with van der Waals surface area (Å²) in [6.07, 6.45) is 1.60. The van der Waals surface area contributed by atoms with Crippen LogP contribution in [0.15, 0.2) is 60.7 Å². The number of piperidine rings is 1. The molecule has 1 fully saturated rings. The SMILES string of the molecule is O=C(O)C(=O)O.O=COC(c1ccccc1)C1CCC(NOCc2ccccc2)CN1. The fourth-order valence-corrected chi connectivity index (χ4v) is 3.16. The molecule has 166 valence electrons. The summed E-state index contributed by atoms with van der Waals surface area (Å²) in [7, 11) is 0. The number of aliphatic carboxylic acids is 2. The highest BCUT2D eigenvalue weighted by atomic mass is 16.6. The molecule has 3 rings (SSSR count). The molecule has 0 saturated carbocycles. The normalized spacial score (nSPS) is 18.7. The second kappa shape index (κ2) is 13.1. The van der Waals surface area contributed by atoms with Crippen LogP contribution in [0.1, 0.15) is 30.1 Å². The van der Waals surface area contributed by atoms with Crippen LogP contribution in [0.2, 0.25) is 0 Å². The Morgan fingerprint density at radius 2 is 1.65 bits per heavy atom. The number of hydrogen-bond acceptors (Lipinski definition) is 7.